The summed E-state index contributed by atoms with van der Waals surface area (Å²) in [7, 11) is 0. The molecule has 96 valence electrons. The van der Waals surface area contributed by atoms with Crippen LogP contribution in [0, 0.1) is 5.92 Å². The number of hydrogen-bond acceptors (Lipinski definition) is 2. The van der Waals surface area contributed by atoms with E-state index in [1.54, 1.807) is 0 Å². The molecular weight excluding hydrogens is 198 g/mol. The van der Waals surface area contributed by atoms with Crippen molar-refractivity contribution in [2.75, 3.05) is 26.2 Å². The van der Waals surface area contributed by atoms with Crippen LogP contribution in [0.2, 0.25) is 0 Å². The lowest BCUT2D eigenvalue weighted by Gasteiger charge is -2.27. The molecule has 0 aromatic rings. The highest BCUT2D eigenvalue weighted by molar-refractivity contribution is 4.66. The lowest BCUT2D eigenvalue weighted by Crippen LogP contribution is -2.30. The Balaban J connectivity index is 2.06. The van der Waals surface area contributed by atoms with Crippen LogP contribution in [0.3, 0.4) is 0 Å². The van der Waals surface area contributed by atoms with Crippen molar-refractivity contribution in [3.63, 3.8) is 0 Å². The van der Waals surface area contributed by atoms with E-state index in [2.05, 4.69) is 11.8 Å². The lowest BCUT2D eigenvalue weighted by atomic mass is 9.94. The molecule has 0 saturated carbocycles. The highest BCUT2D eigenvalue weighted by atomic mass is 16.3. The summed E-state index contributed by atoms with van der Waals surface area (Å²) < 4.78 is 0. The average molecular weight is 227 g/mol. The molecule has 0 amide bonds. The Morgan fingerprint density at radius 2 is 1.81 bits per heavy atom. The third-order valence-corrected chi connectivity index (χ3v) is 3.77. The molecule has 2 heteroatoms. The van der Waals surface area contributed by atoms with Gasteiger partial charge in [-0.25, -0.2) is 0 Å². The molecule has 1 rings (SSSR count). The van der Waals surface area contributed by atoms with Gasteiger partial charge in [-0.2, -0.15) is 0 Å². The Kier molecular flexibility index (Phi) is 7.87. The SMILES string of the molecule is CCCC(CCO)CCCN1CCCCC1. The van der Waals surface area contributed by atoms with E-state index < -0.39 is 0 Å². The van der Waals surface area contributed by atoms with E-state index in [-0.39, 0.29) is 0 Å². The Bertz CT molecular complexity index is 149. The van der Waals surface area contributed by atoms with Gasteiger partial charge in [0.25, 0.3) is 0 Å². The fourth-order valence-electron chi connectivity index (χ4n) is 2.81. The third-order valence-electron chi connectivity index (χ3n) is 3.77. The minimum atomic E-state index is 0.369. The van der Waals surface area contributed by atoms with Gasteiger partial charge in [-0.3, -0.25) is 0 Å². The molecule has 2 nitrogen and oxygen atoms in total. The van der Waals surface area contributed by atoms with E-state index in [4.69, 9.17) is 5.11 Å². The fraction of sp³-hybridized carbons (Fsp3) is 1.00. The van der Waals surface area contributed by atoms with E-state index >= 15 is 0 Å². The van der Waals surface area contributed by atoms with Gasteiger partial charge in [0, 0.05) is 6.61 Å². The molecule has 0 spiro atoms. The molecule has 0 aliphatic carbocycles. The molecule has 1 aliphatic rings. The number of aliphatic hydroxyl groups is 1. The van der Waals surface area contributed by atoms with E-state index in [0.29, 0.717) is 6.61 Å². The third kappa shape index (κ3) is 5.86. The Morgan fingerprint density at radius 3 is 2.44 bits per heavy atom. The topological polar surface area (TPSA) is 23.5 Å². The largest absolute Gasteiger partial charge is 0.396 e. The van der Waals surface area contributed by atoms with Crippen molar-refractivity contribution in [3.8, 4) is 0 Å². The van der Waals surface area contributed by atoms with Crippen LogP contribution in [0.1, 0.15) is 58.3 Å². The summed E-state index contributed by atoms with van der Waals surface area (Å²) in [6.45, 7) is 6.53. The summed E-state index contributed by atoms with van der Waals surface area (Å²) in [5.41, 5.74) is 0. The number of aliphatic hydroxyl groups excluding tert-OH is 1. The smallest absolute Gasteiger partial charge is 0.0433 e. The summed E-state index contributed by atoms with van der Waals surface area (Å²) in [4.78, 5) is 2.62. The van der Waals surface area contributed by atoms with Crippen LogP contribution in [0.4, 0.5) is 0 Å². The molecule has 0 aromatic carbocycles. The van der Waals surface area contributed by atoms with E-state index in [1.165, 1.54) is 64.6 Å². The molecule has 1 unspecified atom stereocenters. The van der Waals surface area contributed by atoms with Crippen LogP contribution in [0.25, 0.3) is 0 Å². The minimum absolute atomic E-state index is 0.369. The minimum Gasteiger partial charge on any atom is -0.396 e. The first-order chi connectivity index (χ1) is 7.86. The van der Waals surface area contributed by atoms with Gasteiger partial charge in [0.1, 0.15) is 0 Å². The van der Waals surface area contributed by atoms with Crippen molar-refractivity contribution >= 4 is 0 Å². The number of rotatable bonds is 8. The molecule has 1 N–H and O–H groups in total. The van der Waals surface area contributed by atoms with Gasteiger partial charge in [-0.05, 0) is 57.7 Å². The average Bonchev–Trinajstić information content (AvgIpc) is 2.31. The van der Waals surface area contributed by atoms with Gasteiger partial charge in [-0.1, -0.05) is 26.2 Å². The van der Waals surface area contributed by atoms with Crippen LogP contribution < -0.4 is 0 Å². The highest BCUT2D eigenvalue weighted by Gasteiger charge is 2.11. The monoisotopic (exact) mass is 227 g/mol. The zero-order valence-electron chi connectivity index (χ0n) is 11.0. The Labute approximate surface area is 101 Å². The number of hydrogen-bond donors (Lipinski definition) is 1. The second kappa shape index (κ2) is 9.00. The maximum absolute atomic E-state index is 9.00. The predicted octanol–water partition coefficient (Wildman–Crippen LogP) is 3.05. The summed E-state index contributed by atoms with van der Waals surface area (Å²) in [5, 5.41) is 9.00. The standard InChI is InChI=1S/C14H29NO/c1-2-7-14(9-13-16)8-6-12-15-10-4-3-5-11-15/h14,16H,2-13H2,1H3. The first-order valence-electron chi connectivity index (χ1n) is 7.20. The van der Waals surface area contributed by atoms with E-state index in [0.717, 1.165) is 12.3 Å². The molecule has 0 radical (unpaired) electrons. The summed E-state index contributed by atoms with van der Waals surface area (Å²) in [6.07, 6.45) is 10.4. The van der Waals surface area contributed by atoms with E-state index in [1.807, 2.05) is 0 Å². The first kappa shape index (κ1) is 14.0. The molecule has 1 heterocycles. The van der Waals surface area contributed by atoms with Gasteiger partial charge in [-0.15, -0.1) is 0 Å². The van der Waals surface area contributed by atoms with Crippen LogP contribution in [0.15, 0.2) is 0 Å². The molecule has 1 aliphatic heterocycles. The highest BCUT2D eigenvalue weighted by Crippen LogP contribution is 2.18. The van der Waals surface area contributed by atoms with Crippen molar-refractivity contribution in [2.45, 2.75) is 58.3 Å². The fourth-order valence-corrected chi connectivity index (χ4v) is 2.81. The molecule has 1 saturated heterocycles. The maximum Gasteiger partial charge on any atom is 0.0433 e. The quantitative estimate of drug-likeness (QED) is 0.689. The summed E-state index contributed by atoms with van der Waals surface area (Å²) in [5.74, 6) is 0.764. The zero-order chi connectivity index (χ0) is 11.6. The lowest BCUT2D eigenvalue weighted by molar-refractivity contribution is 0.208. The maximum atomic E-state index is 9.00. The zero-order valence-corrected chi connectivity index (χ0v) is 11.0. The predicted molar refractivity (Wildman–Crippen MR) is 69.6 cm³/mol. The molecular formula is C14H29NO. The summed E-state index contributed by atoms with van der Waals surface area (Å²) in [6, 6.07) is 0. The van der Waals surface area contributed by atoms with Gasteiger partial charge in [0.15, 0.2) is 0 Å². The van der Waals surface area contributed by atoms with E-state index in [9.17, 15) is 0 Å². The van der Waals surface area contributed by atoms with Crippen LogP contribution >= 0.6 is 0 Å². The first-order valence-corrected chi connectivity index (χ1v) is 7.20. The summed E-state index contributed by atoms with van der Waals surface area (Å²) >= 11 is 0. The molecule has 0 aromatic heterocycles. The van der Waals surface area contributed by atoms with Crippen molar-refractivity contribution < 1.29 is 5.11 Å². The second-order valence-electron chi connectivity index (χ2n) is 5.21. The number of nitrogens with zero attached hydrogens (tertiary/aromatic N) is 1. The number of piperidine rings is 1. The van der Waals surface area contributed by atoms with Gasteiger partial charge in [0.2, 0.25) is 0 Å². The van der Waals surface area contributed by atoms with Crippen LogP contribution in [0.5, 0.6) is 0 Å². The van der Waals surface area contributed by atoms with Crippen LogP contribution in [-0.2, 0) is 0 Å². The van der Waals surface area contributed by atoms with Crippen molar-refractivity contribution in [2.24, 2.45) is 5.92 Å². The van der Waals surface area contributed by atoms with Crippen molar-refractivity contribution in [3.05, 3.63) is 0 Å². The molecule has 1 atom stereocenters. The second-order valence-corrected chi connectivity index (χ2v) is 5.21. The van der Waals surface area contributed by atoms with Crippen molar-refractivity contribution in [1.82, 2.24) is 4.90 Å². The van der Waals surface area contributed by atoms with Crippen molar-refractivity contribution in [1.29, 1.82) is 0 Å². The van der Waals surface area contributed by atoms with Gasteiger partial charge in [0.05, 0.1) is 0 Å². The molecule has 0 bridgehead atoms. The Hall–Kier alpha value is -0.0800. The number of likely N-dealkylation sites (tertiary alicyclic amines) is 1. The Morgan fingerprint density at radius 1 is 1.06 bits per heavy atom. The normalized spacial score (nSPS) is 19.9. The molecule has 1 fully saturated rings. The van der Waals surface area contributed by atoms with Gasteiger partial charge < -0.3 is 10.0 Å². The molecule has 16 heavy (non-hydrogen) atoms. The van der Waals surface area contributed by atoms with Gasteiger partial charge >= 0.3 is 0 Å². The van der Waals surface area contributed by atoms with Crippen LogP contribution in [-0.4, -0.2) is 36.2 Å².